The number of carbonyl (C=O) groups excluding carboxylic acids is 1. The van der Waals surface area contributed by atoms with Crippen LogP contribution in [0.15, 0.2) is 53.6 Å². The molecule has 33 heavy (non-hydrogen) atoms. The number of halogens is 1. The first kappa shape index (κ1) is 23.9. The second-order valence-electron chi connectivity index (χ2n) is 6.77. The summed E-state index contributed by atoms with van der Waals surface area (Å²) < 4.78 is 30.2. The fraction of sp³-hybridized carbons (Fsp3) is 0.150. The minimum atomic E-state index is -3.91. The van der Waals surface area contributed by atoms with Crippen LogP contribution in [0.2, 0.25) is 5.15 Å². The first-order chi connectivity index (χ1) is 15.6. The van der Waals surface area contributed by atoms with Crippen LogP contribution >= 0.6 is 11.6 Å². The molecule has 3 rings (SSSR count). The number of methoxy groups -OCH3 is 1. The van der Waals surface area contributed by atoms with Gasteiger partial charge in [0.1, 0.15) is 17.4 Å². The van der Waals surface area contributed by atoms with Crippen molar-refractivity contribution in [3.63, 3.8) is 0 Å². The maximum Gasteiger partial charge on any atom is 0.271 e. The van der Waals surface area contributed by atoms with E-state index in [9.17, 15) is 23.3 Å². The number of hydrogen-bond donors (Lipinski definition) is 1. The molecule has 0 bridgehead atoms. The normalized spacial score (nSPS) is 11.5. The molecule has 0 aliphatic heterocycles. The third-order valence-corrected chi connectivity index (χ3v) is 5.86. The zero-order chi connectivity index (χ0) is 24.2. The molecule has 13 heteroatoms. The average molecular weight is 492 g/mol. The predicted octanol–water partition coefficient (Wildman–Crippen LogP) is 2.72. The number of pyridine rings is 1. The van der Waals surface area contributed by atoms with Crippen LogP contribution in [-0.2, 0) is 14.8 Å². The quantitative estimate of drug-likeness (QED) is 0.221. The number of hydrazone groups is 1. The Bertz CT molecular complexity index is 1360. The van der Waals surface area contributed by atoms with Gasteiger partial charge in [0, 0.05) is 29.1 Å². The predicted molar refractivity (Wildman–Crippen MR) is 124 cm³/mol. The maximum atomic E-state index is 12.3. The third-order valence-electron chi connectivity index (χ3n) is 4.41. The highest BCUT2D eigenvalue weighted by Crippen LogP contribution is 2.24. The summed E-state index contributed by atoms with van der Waals surface area (Å²) in [6.45, 7) is -0.638. The molecule has 0 fully saturated rings. The lowest BCUT2D eigenvalue weighted by Gasteiger charge is -2.21. The summed E-state index contributed by atoms with van der Waals surface area (Å²) in [5, 5.41) is 15.7. The molecule has 0 spiro atoms. The number of amides is 1. The topological polar surface area (TPSA) is 144 Å². The fourth-order valence-electron chi connectivity index (χ4n) is 2.86. The minimum absolute atomic E-state index is 0.0250. The van der Waals surface area contributed by atoms with E-state index < -0.39 is 27.4 Å². The standard InChI is InChI=1S/C20H18ClN5O6S/c1-32-17-7-6-13-8-14(20(21)23-18(13)10-17)11-22-24-19(27)12-25(33(2,30)31)15-4-3-5-16(9-15)26(28)29/h3-11H,12H2,1-2H3,(H,24,27). The third kappa shape index (κ3) is 5.93. The van der Waals surface area contributed by atoms with Gasteiger partial charge in [0.05, 0.1) is 35.7 Å². The molecule has 0 radical (unpaired) electrons. The van der Waals surface area contributed by atoms with E-state index in [2.05, 4.69) is 15.5 Å². The Morgan fingerprint density at radius 2 is 2.06 bits per heavy atom. The Balaban J connectivity index is 1.76. The van der Waals surface area contributed by atoms with E-state index in [0.717, 1.165) is 22.0 Å². The molecule has 1 aromatic heterocycles. The van der Waals surface area contributed by atoms with E-state index in [1.54, 1.807) is 24.3 Å². The van der Waals surface area contributed by atoms with Crippen molar-refractivity contribution in [2.45, 2.75) is 0 Å². The first-order valence-corrected chi connectivity index (χ1v) is 11.5. The van der Waals surface area contributed by atoms with Crippen molar-refractivity contribution in [1.29, 1.82) is 0 Å². The molecule has 1 heterocycles. The van der Waals surface area contributed by atoms with Crippen LogP contribution in [-0.4, -0.2) is 50.4 Å². The Hall–Kier alpha value is -3.77. The number of rotatable bonds is 8. The van der Waals surface area contributed by atoms with Gasteiger partial charge in [-0.25, -0.2) is 18.8 Å². The Morgan fingerprint density at radius 1 is 1.30 bits per heavy atom. The lowest BCUT2D eigenvalue weighted by atomic mass is 10.1. The van der Waals surface area contributed by atoms with Crippen LogP contribution in [0, 0.1) is 10.1 Å². The van der Waals surface area contributed by atoms with Crippen LogP contribution < -0.4 is 14.5 Å². The number of benzene rings is 2. The number of nitrogens with one attached hydrogen (secondary N) is 1. The monoisotopic (exact) mass is 491 g/mol. The van der Waals surface area contributed by atoms with E-state index in [0.29, 0.717) is 16.8 Å². The number of nitro benzene ring substituents is 1. The maximum absolute atomic E-state index is 12.3. The summed E-state index contributed by atoms with van der Waals surface area (Å²) in [5.41, 5.74) is 2.92. The molecule has 11 nitrogen and oxygen atoms in total. The van der Waals surface area contributed by atoms with Crippen LogP contribution in [0.3, 0.4) is 0 Å². The van der Waals surface area contributed by atoms with Gasteiger partial charge in [0.2, 0.25) is 10.0 Å². The molecule has 0 atom stereocenters. The number of nitrogens with zero attached hydrogens (tertiary/aromatic N) is 4. The number of fused-ring (bicyclic) bond motifs is 1. The van der Waals surface area contributed by atoms with Gasteiger partial charge in [-0.2, -0.15) is 5.10 Å². The molecule has 2 aromatic carbocycles. The highest BCUT2D eigenvalue weighted by molar-refractivity contribution is 7.92. The van der Waals surface area contributed by atoms with E-state index in [4.69, 9.17) is 16.3 Å². The highest BCUT2D eigenvalue weighted by atomic mass is 35.5. The number of carbonyl (C=O) groups is 1. The van der Waals surface area contributed by atoms with Gasteiger partial charge in [-0.3, -0.25) is 19.2 Å². The second kappa shape index (κ2) is 9.79. The SMILES string of the molecule is COc1ccc2cc(C=NNC(=O)CN(c3cccc([N+](=O)[O-])c3)S(C)(=O)=O)c(Cl)nc2c1. The lowest BCUT2D eigenvalue weighted by Crippen LogP contribution is -2.39. The molecule has 3 aromatic rings. The molecule has 1 amide bonds. The Labute approximate surface area is 193 Å². The van der Waals surface area contributed by atoms with Crippen molar-refractivity contribution in [2.75, 3.05) is 24.2 Å². The molecule has 0 aliphatic carbocycles. The Morgan fingerprint density at radius 3 is 2.73 bits per heavy atom. The smallest absolute Gasteiger partial charge is 0.271 e. The van der Waals surface area contributed by atoms with Crippen LogP contribution in [0.5, 0.6) is 5.75 Å². The van der Waals surface area contributed by atoms with Crippen LogP contribution in [0.25, 0.3) is 10.9 Å². The average Bonchev–Trinajstić information content (AvgIpc) is 2.76. The van der Waals surface area contributed by atoms with Crippen molar-refractivity contribution in [3.8, 4) is 5.75 Å². The summed E-state index contributed by atoms with van der Waals surface area (Å²) in [4.78, 5) is 26.9. The van der Waals surface area contributed by atoms with Crippen molar-refractivity contribution in [2.24, 2.45) is 5.10 Å². The highest BCUT2D eigenvalue weighted by Gasteiger charge is 2.22. The Kier molecular flexibility index (Phi) is 7.09. The summed E-state index contributed by atoms with van der Waals surface area (Å²) in [7, 11) is -2.37. The van der Waals surface area contributed by atoms with Gasteiger partial charge < -0.3 is 4.74 Å². The summed E-state index contributed by atoms with van der Waals surface area (Å²) in [5.74, 6) is -0.142. The number of anilines is 1. The van der Waals surface area contributed by atoms with Gasteiger partial charge >= 0.3 is 0 Å². The molecule has 172 valence electrons. The molecule has 0 unspecified atom stereocenters. The molecule has 1 N–H and O–H groups in total. The zero-order valence-electron chi connectivity index (χ0n) is 17.4. The van der Waals surface area contributed by atoms with E-state index in [1.165, 1.54) is 31.5 Å². The molecule has 0 aliphatic rings. The number of sulfonamides is 1. The number of non-ortho nitro benzene ring substituents is 1. The lowest BCUT2D eigenvalue weighted by molar-refractivity contribution is -0.384. The molecular formula is C20H18ClN5O6S. The minimum Gasteiger partial charge on any atom is -0.497 e. The van der Waals surface area contributed by atoms with Gasteiger partial charge in [0.15, 0.2) is 0 Å². The molecule has 0 saturated carbocycles. The fourth-order valence-corrected chi connectivity index (χ4v) is 3.90. The van der Waals surface area contributed by atoms with Crippen molar-refractivity contribution in [1.82, 2.24) is 10.4 Å². The van der Waals surface area contributed by atoms with Crippen LogP contribution in [0.4, 0.5) is 11.4 Å². The van der Waals surface area contributed by atoms with Gasteiger partial charge in [0.25, 0.3) is 11.6 Å². The summed E-state index contributed by atoms with van der Waals surface area (Å²) in [6, 6.07) is 11.9. The largest absolute Gasteiger partial charge is 0.497 e. The number of aromatic nitrogens is 1. The van der Waals surface area contributed by atoms with Crippen molar-refractivity contribution >= 4 is 56.0 Å². The summed E-state index contributed by atoms with van der Waals surface area (Å²) >= 11 is 6.18. The second-order valence-corrected chi connectivity index (χ2v) is 9.03. The van der Waals surface area contributed by atoms with E-state index in [1.807, 2.05) is 0 Å². The molecular weight excluding hydrogens is 474 g/mol. The van der Waals surface area contributed by atoms with Gasteiger partial charge in [-0.1, -0.05) is 17.7 Å². The first-order valence-electron chi connectivity index (χ1n) is 9.27. The summed E-state index contributed by atoms with van der Waals surface area (Å²) in [6.07, 6.45) is 2.16. The van der Waals surface area contributed by atoms with Crippen LogP contribution in [0.1, 0.15) is 5.56 Å². The van der Waals surface area contributed by atoms with Gasteiger partial charge in [-0.05, 0) is 24.3 Å². The zero-order valence-corrected chi connectivity index (χ0v) is 19.0. The number of ether oxygens (including phenoxy) is 1. The number of hydrogen-bond acceptors (Lipinski definition) is 8. The molecule has 0 saturated heterocycles. The van der Waals surface area contributed by atoms with Crippen molar-refractivity contribution in [3.05, 3.63) is 69.4 Å². The van der Waals surface area contributed by atoms with Gasteiger partial charge in [-0.15, -0.1) is 0 Å². The van der Waals surface area contributed by atoms with E-state index in [-0.39, 0.29) is 16.5 Å². The van der Waals surface area contributed by atoms with E-state index >= 15 is 0 Å². The number of nitro groups is 1. The van der Waals surface area contributed by atoms with Crippen molar-refractivity contribution < 1.29 is 22.9 Å².